The van der Waals surface area contributed by atoms with Gasteiger partial charge in [-0.2, -0.15) is 0 Å². The summed E-state index contributed by atoms with van der Waals surface area (Å²) in [5.41, 5.74) is 0.611. The maximum absolute atomic E-state index is 3.89. The molecular weight excluding hydrogens is 112 g/mol. The highest BCUT2D eigenvalue weighted by molar-refractivity contribution is 5.84. The Morgan fingerprint density at radius 1 is 1.56 bits per heavy atom. The first-order valence-corrected chi connectivity index (χ1v) is 2.54. The molecule has 9 heavy (non-hydrogen) atoms. The van der Waals surface area contributed by atoms with Crippen LogP contribution in [0.5, 0.6) is 0 Å². The minimum absolute atomic E-state index is 0.611. The zero-order chi connectivity index (χ0) is 7.28. The first-order valence-electron chi connectivity index (χ1n) is 2.54. The molecule has 0 aromatic heterocycles. The molecule has 0 aliphatic heterocycles. The van der Waals surface area contributed by atoms with E-state index in [1.54, 1.807) is 13.0 Å². The quantitative estimate of drug-likeness (QED) is 0.303. The van der Waals surface area contributed by atoms with E-state index in [1.165, 1.54) is 0 Å². The molecule has 0 atom stereocenters. The predicted octanol–water partition coefficient (Wildman–Crippen LogP) is 1.81. The lowest BCUT2D eigenvalue weighted by Gasteiger charge is -1.88. The van der Waals surface area contributed by atoms with Gasteiger partial charge in [-0.1, -0.05) is 13.2 Å². The van der Waals surface area contributed by atoms with Gasteiger partial charge in [-0.15, -0.1) is 0 Å². The van der Waals surface area contributed by atoms with Crippen LogP contribution in [-0.4, -0.2) is 12.6 Å². The highest BCUT2D eigenvalue weighted by atomic mass is 14.9. The van der Waals surface area contributed by atoms with E-state index in [0.717, 1.165) is 0 Å². The zero-order valence-electron chi connectivity index (χ0n) is 5.59. The first-order chi connectivity index (χ1) is 4.20. The van der Waals surface area contributed by atoms with Gasteiger partial charge in [0.05, 0.1) is 5.70 Å². The largest absolute Gasteiger partial charge is 0.250 e. The van der Waals surface area contributed by atoms with Gasteiger partial charge < -0.3 is 0 Å². The Morgan fingerprint density at radius 3 is 2.44 bits per heavy atom. The topological polar surface area (TPSA) is 24.7 Å². The van der Waals surface area contributed by atoms with Crippen LogP contribution in [0.1, 0.15) is 6.92 Å². The van der Waals surface area contributed by atoms with E-state index in [0.29, 0.717) is 11.5 Å². The van der Waals surface area contributed by atoms with Crippen LogP contribution < -0.4 is 0 Å². The van der Waals surface area contributed by atoms with E-state index in [1.807, 2.05) is 0 Å². The van der Waals surface area contributed by atoms with Crippen molar-refractivity contribution in [3.63, 3.8) is 0 Å². The van der Waals surface area contributed by atoms with Gasteiger partial charge >= 0.3 is 0 Å². The molecular formula is C7H10N2. The molecule has 0 radical (unpaired) electrons. The van der Waals surface area contributed by atoms with Crippen molar-refractivity contribution in [2.75, 3.05) is 0 Å². The fourth-order valence-corrected chi connectivity index (χ4v) is 0.289. The van der Waals surface area contributed by atoms with Crippen molar-refractivity contribution >= 4 is 12.6 Å². The zero-order valence-corrected chi connectivity index (χ0v) is 5.59. The summed E-state index contributed by atoms with van der Waals surface area (Å²) in [6.45, 7) is 12.1. The summed E-state index contributed by atoms with van der Waals surface area (Å²) < 4.78 is 0. The Morgan fingerprint density at radius 2 is 2.11 bits per heavy atom. The minimum atomic E-state index is 0.611. The summed E-state index contributed by atoms with van der Waals surface area (Å²) >= 11 is 0. The Kier molecular flexibility index (Phi) is 3.28. The summed E-state index contributed by atoms with van der Waals surface area (Å²) in [5, 5.41) is 0. The number of hydrogen-bond donors (Lipinski definition) is 0. The molecule has 0 aliphatic carbocycles. The van der Waals surface area contributed by atoms with E-state index in [9.17, 15) is 0 Å². The molecule has 0 N–H and O–H groups in total. The van der Waals surface area contributed by atoms with Crippen molar-refractivity contribution in [1.29, 1.82) is 0 Å². The lowest BCUT2D eigenvalue weighted by atomic mass is 10.5. The van der Waals surface area contributed by atoms with Gasteiger partial charge in [-0.3, -0.25) is 0 Å². The summed E-state index contributed by atoms with van der Waals surface area (Å²) in [6, 6.07) is 0. The fourth-order valence-electron chi connectivity index (χ4n) is 0.289. The van der Waals surface area contributed by atoms with Crippen molar-refractivity contribution in [2.24, 2.45) is 9.98 Å². The van der Waals surface area contributed by atoms with Crippen LogP contribution in [0.25, 0.3) is 0 Å². The first kappa shape index (κ1) is 7.82. The number of rotatable bonds is 2. The van der Waals surface area contributed by atoms with Crippen molar-refractivity contribution in [3.05, 3.63) is 24.9 Å². The van der Waals surface area contributed by atoms with E-state index < -0.39 is 0 Å². The Bertz CT molecular complexity index is 166. The van der Waals surface area contributed by atoms with Crippen molar-refractivity contribution < 1.29 is 0 Å². The SMILES string of the molecule is C=CC(=C)N=C(C)N=C. The predicted molar refractivity (Wildman–Crippen MR) is 42.0 cm³/mol. The van der Waals surface area contributed by atoms with Gasteiger partial charge in [-0.05, 0) is 19.7 Å². The van der Waals surface area contributed by atoms with E-state index >= 15 is 0 Å². The molecule has 2 heteroatoms. The van der Waals surface area contributed by atoms with Crippen LogP contribution in [0.4, 0.5) is 0 Å². The summed E-state index contributed by atoms with van der Waals surface area (Å²) in [5.74, 6) is 0.611. The Hall–Kier alpha value is -1.18. The maximum Gasteiger partial charge on any atom is 0.125 e. The van der Waals surface area contributed by atoms with Crippen LogP contribution in [0, 0.1) is 0 Å². The average molecular weight is 122 g/mol. The van der Waals surface area contributed by atoms with Crippen LogP contribution in [0.15, 0.2) is 34.9 Å². The van der Waals surface area contributed by atoms with Crippen LogP contribution in [0.2, 0.25) is 0 Å². The highest BCUT2D eigenvalue weighted by Gasteiger charge is 1.81. The molecule has 0 spiro atoms. The van der Waals surface area contributed by atoms with Crippen LogP contribution in [0.3, 0.4) is 0 Å². The molecule has 0 rings (SSSR count). The molecule has 0 aromatic carbocycles. The summed E-state index contributed by atoms with van der Waals surface area (Å²) in [7, 11) is 0. The van der Waals surface area contributed by atoms with Crippen molar-refractivity contribution in [3.8, 4) is 0 Å². The Balaban J connectivity index is 4.10. The monoisotopic (exact) mass is 122 g/mol. The summed E-state index contributed by atoms with van der Waals surface area (Å²) in [4.78, 5) is 7.46. The van der Waals surface area contributed by atoms with Gasteiger partial charge in [0.25, 0.3) is 0 Å². The number of nitrogens with zero attached hydrogens (tertiary/aromatic N) is 2. The third-order valence-corrected chi connectivity index (χ3v) is 0.770. The molecule has 0 aromatic rings. The smallest absolute Gasteiger partial charge is 0.125 e. The van der Waals surface area contributed by atoms with E-state index in [4.69, 9.17) is 0 Å². The fraction of sp³-hybridized carbons (Fsp3) is 0.143. The molecule has 0 saturated heterocycles. The lowest BCUT2D eigenvalue weighted by molar-refractivity contribution is 1.39. The third kappa shape index (κ3) is 3.41. The second-order valence-corrected chi connectivity index (χ2v) is 1.51. The van der Waals surface area contributed by atoms with Crippen molar-refractivity contribution in [1.82, 2.24) is 0 Å². The molecule has 48 valence electrons. The third-order valence-electron chi connectivity index (χ3n) is 0.770. The molecule has 0 fully saturated rings. The van der Waals surface area contributed by atoms with E-state index in [-0.39, 0.29) is 0 Å². The molecule has 2 nitrogen and oxygen atoms in total. The summed E-state index contributed by atoms with van der Waals surface area (Å²) in [6.07, 6.45) is 1.56. The minimum Gasteiger partial charge on any atom is -0.250 e. The highest BCUT2D eigenvalue weighted by Crippen LogP contribution is 1.93. The Labute approximate surface area is 55.3 Å². The van der Waals surface area contributed by atoms with Crippen LogP contribution in [-0.2, 0) is 0 Å². The molecule has 0 unspecified atom stereocenters. The lowest BCUT2D eigenvalue weighted by Crippen LogP contribution is -1.82. The number of allylic oxidation sites excluding steroid dienone is 1. The van der Waals surface area contributed by atoms with Gasteiger partial charge in [0.15, 0.2) is 0 Å². The second kappa shape index (κ2) is 3.78. The standard InChI is InChI=1S/C7H10N2/c1-5-6(2)9-7(3)8-4/h5H,1-2,4H2,3H3. The van der Waals surface area contributed by atoms with Gasteiger partial charge in [0, 0.05) is 0 Å². The second-order valence-electron chi connectivity index (χ2n) is 1.51. The number of aliphatic imine (C=N–C) groups is 2. The molecule has 0 heterocycles. The van der Waals surface area contributed by atoms with Crippen molar-refractivity contribution in [2.45, 2.75) is 6.92 Å². The normalized spacial score (nSPS) is 10.6. The maximum atomic E-state index is 3.89. The molecule has 0 saturated carbocycles. The van der Waals surface area contributed by atoms with E-state index in [2.05, 4.69) is 29.9 Å². The van der Waals surface area contributed by atoms with Gasteiger partial charge in [0.2, 0.25) is 0 Å². The number of amidine groups is 1. The average Bonchev–Trinajstić information content (AvgIpc) is 1.87. The van der Waals surface area contributed by atoms with Crippen LogP contribution >= 0.6 is 0 Å². The van der Waals surface area contributed by atoms with Gasteiger partial charge in [-0.25, -0.2) is 9.98 Å². The van der Waals surface area contributed by atoms with Gasteiger partial charge in [0.1, 0.15) is 5.84 Å². The number of hydrogen-bond acceptors (Lipinski definition) is 1. The molecule has 0 amide bonds. The molecule has 0 aliphatic rings. The molecule has 0 bridgehead atoms.